The lowest BCUT2D eigenvalue weighted by molar-refractivity contribution is 0.0884. The van der Waals surface area contributed by atoms with Gasteiger partial charge in [-0.2, -0.15) is 3.11 Å². The monoisotopic (exact) mass is 367 g/mol. The maximum absolute atomic E-state index is 12.0. The molecule has 4 nitrogen and oxygen atoms in total. The van der Waals surface area contributed by atoms with Crippen LogP contribution in [0.5, 0.6) is 5.75 Å². The third kappa shape index (κ3) is 3.54. The summed E-state index contributed by atoms with van der Waals surface area (Å²) in [5, 5.41) is 0. The number of carbonyl (C=O) groups is 2. The van der Waals surface area contributed by atoms with Gasteiger partial charge in [-0.15, -0.1) is 0 Å². The number of halogens is 1. The van der Waals surface area contributed by atoms with Gasteiger partial charge in [0.25, 0.3) is 5.91 Å². The lowest BCUT2D eigenvalue weighted by Crippen LogP contribution is -2.30. The molecule has 0 saturated heterocycles. The minimum atomic E-state index is -0.722. The van der Waals surface area contributed by atoms with Crippen LogP contribution in [0.3, 0.4) is 0 Å². The molecule has 5 heteroatoms. The minimum Gasteiger partial charge on any atom is -0.409 e. The van der Waals surface area contributed by atoms with Crippen LogP contribution in [0, 0.1) is 0 Å². The fourth-order valence-corrected chi connectivity index (χ4v) is 1.78. The molecule has 0 aromatic heterocycles. The molecule has 0 atom stereocenters. The van der Waals surface area contributed by atoms with E-state index in [-0.39, 0.29) is 0 Å². The fraction of sp³-hybridized carbons (Fsp3) is 0. The molecule has 0 bridgehead atoms. The van der Waals surface area contributed by atoms with Crippen LogP contribution in [0.2, 0.25) is 0 Å². The van der Waals surface area contributed by atoms with Crippen molar-refractivity contribution in [3.8, 4) is 5.75 Å². The standard InChI is InChI=1S/C14H10INO3/c15-16(13(17)11-7-3-1-4-8-11)14(18)19-12-9-5-2-6-10-12/h1-10H. The molecular formula is C14H10INO3. The summed E-state index contributed by atoms with van der Waals surface area (Å²) in [5.74, 6) is -0.0165. The first kappa shape index (κ1) is 13.5. The molecule has 2 aromatic carbocycles. The Hall–Kier alpha value is -1.89. The van der Waals surface area contributed by atoms with Gasteiger partial charge in [0, 0.05) is 5.56 Å². The summed E-state index contributed by atoms with van der Waals surface area (Å²) in [6.07, 6.45) is -0.722. The van der Waals surface area contributed by atoms with Gasteiger partial charge in [0.2, 0.25) is 0 Å². The normalized spacial score (nSPS) is 9.74. The second-order valence-electron chi connectivity index (χ2n) is 3.63. The summed E-state index contributed by atoms with van der Waals surface area (Å²) in [6, 6.07) is 17.2. The Labute approximate surface area is 124 Å². The number of hydrogen-bond donors (Lipinski definition) is 0. The van der Waals surface area contributed by atoms with Crippen LogP contribution < -0.4 is 4.74 Å². The first-order chi connectivity index (χ1) is 9.18. The van der Waals surface area contributed by atoms with Crippen molar-refractivity contribution < 1.29 is 14.3 Å². The number of ether oxygens (including phenoxy) is 1. The van der Waals surface area contributed by atoms with Gasteiger partial charge in [0.05, 0.1) is 22.9 Å². The van der Waals surface area contributed by atoms with Crippen LogP contribution in [0.15, 0.2) is 60.7 Å². The van der Waals surface area contributed by atoms with Gasteiger partial charge in [0.1, 0.15) is 5.75 Å². The summed E-state index contributed by atoms with van der Waals surface area (Å²) in [4.78, 5) is 23.8. The number of amides is 2. The smallest absolute Gasteiger partial charge is 0.409 e. The Morgan fingerprint density at radius 3 is 2.00 bits per heavy atom. The number of nitrogens with zero attached hydrogens (tertiary/aromatic N) is 1. The highest BCUT2D eigenvalue weighted by molar-refractivity contribution is 14.1. The predicted molar refractivity (Wildman–Crippen MR) is 79.1 cm³/mol. The molecule has 0 aliphatic rings. The van der Waals surface area contributed by atoms with Crippen molar-refractivity contribution in [3.05, 3.63) is 66.2 Å². The molecular weight excluding hydrogens is 357 g/mol. The summed E-state index contributed by atoms with van der Waals surface area (Å²) in [7, 11) is 0. The van der Waals surface area contributed by atoms with Gasteiger partial charge in [-0.05, 0) is 24.3 Å². The van der Waals surface area contributed by atoms with E-state index in [0.717, 1.165) is 3.11 Å². The van der Waals surface area contributed by atoms with Gasteiger partial charge in [-0.25, -0.2) is 4.79 Å². The van der Waals surface area contributed by atoms with Crippen molar-refractivity contribution in [1.82, 2.24) is 3.11 Å². The van der Waals surface area contributed by atoms with Gasteiger partial charge in [0.15, 0.2) is 0 Å². The summed E-state index contributed by atoms with van der Waals surface area (Å²) >= 11 is 1.63. The third-order valence-electron chi connectivity index (χ3n) is 2.31. The van der Waals surface area contributed by atoms with Gasteiger partial charge < -0.3 is 4.74 Å². The van der Waals surface area contributed by atoms with Crippen molar-refractivity contribution in [2.24, 2.45) is 0 Å². The van der Waals surface area contributed by atoms with Gasteiger partial charge in [-0.3, -0.25) is 4.79 Å². The molecule has 2 aromatic rings. The number of benzene rings is 2. The van der Waals surface area contributed by atoms with Crippen molar-refractivity contribution >= 4 is 34.9 Å². The quantitative estimate of drug-likeness (QED) is 0.601. The number of hydrogen-bond acceptors (Lipinski definition) is 3. The highest BCUT2D eigenvalue weighted by Gasteiger charge is 2.22. The van der Waals surface area contributed by atoms with Crippen LogP contribution in [0.1, 0.15) is 10.4 Å². The summed E-state index contributed by atoms with van der Waals surface area (Å²) < 4.78 is 5.99. The Morgan fingerprint density at radius 2 is 1.42 bits per heavy atom. The van der Waals surface area contributed by atoms with Crippen molar-refractivity contribution in [2.75, 3.05) is 0 Å². The SMILES string of the molecule is O=C(Oc1ccccc1)N(I)C(=O)c1ccccc1. The van der Waals surface area contributed by atoms with E-state index in [9.17, 15) is 9.59 Å². The zero-order valence-corrected chi connectivity index (χ0v) is 12.0. The first-order valence-corrected chi connectivity index (χ1v) is 6.47. The lowest BCUT2D eigenvalue weighted by Gasteiger charge is -2.12. The molecule has 19 heavy (non-hydrogen) atoms. The van der Waals surface area contributed by atoms with Gasteiger partial charge >= 0.3 is 6.09 Å². The Balaban J connectivity index is 2.06. The molecule has 0 saturated carbocycles. The van der Waals surface area contributed by atoms with E-state index in [0.29, 0.717) is 11.3 Å². The average molecular weight is 367 g/mol. The van der Waals surface area contributed by atoms with Crippen LogP contribution in [0.25, 0.3) is 0 Å². The van der Waals surface area contributed by atoms with Crippen LogP contribution in [-0.4, -0.2) is 15.1 Å². The molecule has 2 amide bonds. The molecule has 0 heterocycles. The third-order valence-corrected chi connectivity index (χ3v) is 3.14. The summed E-state index contributed by atoms with van der Waals surface area (Å²) in [6.45, 7) is 0. The molecule has 0 radical (unpaired) electrons. The molecule has 0 aliphatic heterocycles. The molecule has 2 rings (SSSR count). The molecule has 0 fully saturated rings. The highest BCUT2D eigenvalue weighted by atomic mass is 127. The molecule has 0 N–H and O–H groups in total. The average Bonchev–Trinajstić information content (AvgIpc) is 2.47. The Bertz CT molecular complexity index is 572. The van der Waals surface area contributed by atoms with Crippen molar-refractivity contribution in [3.63, 3.8) is 0 Å². The Kier molecular flexibility index (Phi) is 4.51. The maximum atomic E-state index is 12.0. The van der Waals surface area contributed by atoms with E-state index >= 15 is 0 Å². The van der Waals surface area contributed by atoms with E-state index in [1.807, 2.05) is 6.07 Å². The largest absolute Gasteiger partial charge is 0.431 e. The lowest BCUT2D eigenvalue weighted by atomic mass is 10.2. The van der Waals surface area contributed by atoms with E-state index in [4.69, 9.17) is 4.74 Å². The zero-order valence-electron chi connectivity index (χ0n) is 9.82. The zero-order chi connectivity index (χ0) is 13.7. The minimum absolute atomic E-state index is 0.398. The molecule has 0 aliphatic carbocycles. The van der Waals surface area contributed by atoms with Gasteiger partial charge in [-0.1, -0.05) is 36.4 Å². The maximum Gasteiger partial charge on any atom is 0.431 e. The van der Waals surface area contributed by atoms with Crippen LogP contribution in [0.4, 0.5) is 4.79 Å². The molecule has 96 valence electrons. The fourth-order valence-electron chi connectivity index (χ4n) is 1.41. The Morgan fingerprint density at radius 1 is 0.895 bits per heavy atom. The topological polar surface area (TPSA) is 46.6 Å². The van der Waals surface area contributed by atoms with Crippen LogP contribution in [-0.2, 0) is 0 Å². The second-order valence-corrected chi connectivity index (χ2v) is 4.60. The van der Waals surface area contributed by atoms with E-state index in [2.05, 4.69) is 0 Å². The van der Waals surface area contributed by atoms with E-state index in [1.54, 1.807) is 77.5 Å². The number of carbonyl (C=O) groups excluding carboxylic acids is 2. The number of imide groups is 1. The molecule has 0 unspecified atom stereocenters. The second kappa shape index (κ2) is 6.33. The number of rotatable bonds is 2. The predicted octanol–water partition coefficient (Wildman–Crippen LogP) is 3.68. The highest BCUT2D eigenvalue weighted by Crippen LogP contribution is 2.15. The van der Waals surface area contributed by atoms with Crippen molar-refractivity contribution in [2.45, 2.75) is 0 Å². The van der Waals surface area contributed by atoms with Crippen LogP contribution >= 0.6 is 22.9 Å². The number of para-hydroxylation sites is 1. The van der Waals surface area contributed by atoms with E-state index < -0.39 is 12.0 Å². The summed E-state index contributed by atoms with van der Waals surface area (Å²) in [5.41, 5.74) is 0.432. The van der Waals surface area contributed by atoms with E-state index in [1.165, 1.54) is 0 Å². The molecule has 0 spiro atoms. The van der Waals surface area contributed by atoms with Crippen molar-refractivity contribution in [1.29, 1.82) is 0 Å². The first-order valence-electron chi connectivity index (χ1n) is 5.50.